The van der Waals surface area contributed by atoms with Crippen LogP contribution >= 0.6 is 11.6 Å². The summed E-state index contributed by atoms with van der Waals surface area (Å²) in [5, 5.41) is 11.8. The number of halogens is 3. The van der Waals surface area contributed by atoms with Gasteiger partial charge in [-0.15, -0.1) is 0 Å². The summed E-state index contributed by atoms with van der Waals surface area (Å²) in [6.07, 6.45) is 3.75. The molecule has 1 aromatic carbocycles. The van der Waals surface area contributed by atoms with Crippen molar-refractivity contribution in [2.45, 2.75) is 75.5 Å². The summed E-state index contributed by atoms with van der Waals surface area (Å²) in [4.78, 5) is 13.0. The molecule has 1 saturated heterocycles. The Morgan fingerprint density at radius 3 is 2.86 bits per heavy atom. The molecule has 2 fully saturated rings. The number of rotatable bonds is 6. The molecule has 7 heteroatoms. The van der Waals surface area contributed by atoms with Gasteiger partial charge in [0.1, 0.15) is 0 Å². The fourth-order valence-corrected chi connectivity index (χ4v) is 4.98. The van der Waals surface area contributed by atoms with Gasteiger partial charge in [-0.2, -0.15) is 0 Å². The Kier molecular flexibility index (Phi) is 5.70. The van der Waals surface area contributed by atoms with E-state index in [-0.39, 0.29) is 37.6 Å². The third-order valence-corrected chi connectivity index (χ3v) is 6.48. The first-order valence-electron chi connectivity index (χ1n) is 10.3. The number of aromatic nitrogens is 1. The van der Waals surface area contributed by atoms with Gasteiger partial charge in [-0.1, -0.05) is 17.7 Å². The Balaban J connectivity index is 1.55. The zero-order valence-electron chi connectivity index (χ0n) is 16.3. The minimum absolute atomic E-state index is 0.0108. The van der Waals surface area contributed by atoms with Gasteiger partial charge in [0, 0.05) is 49.6 Å². The molecule has 2 aromatic rings. The third kappa shape index (κ3) is 4.49. The second kappa shape index (κ2) is 7.97. The van der Waals surface area contributed by atoms with Crippen LogP contribution in [0.5, 0.6) is 0 Å². The predicted molar refractivity (Wildman–Crippen MR) is 108 cm³/mol. The highest BCUT2D eigenvalue weighted by molar-refractivity contribution is 6.37. The van der Waals surface area contributed by atoms with Crippen molar-refractivity contribution in [3.8, 4) is 0 Å². The van der Waals surface area contributed by atoms with E-state index in [1.165, 1.54) is 0 Å². The number of ether oxygens (including phenoxy) is 1. The molecule has 1 aliphatic heterocycles. The zero-order chi connectivity index (χ0) is 20.6. The zero-order valence-corrected chi connectivity index (χ0v) is 17.1. The molecule has 2 heterocycles. The van der Waals surface area contributed by atoms with Crippen LogP contribution in [0.25, 0.3) is 10.9 Å². The molecule has 29 heavy (non-hydrogen) atoms. The van der Waals surface area contributed by atoms with Gasteiger partial charge < -0.3 is 14.4 Å². The number of alkyl halides is 2. The van der Waals surface area contributed by atoms with E-state index in [4.69, 9.17) is 16.3 Å². The van der Waals surface area contributed by atoms with Crippen molar-refractivity contribution in [3.05, 3.63) is 35.0 Å². The summed E-state index contributed by atoms with van der Waals surface area (Å²) in [5.41, 5.74) is -0.147. The topological polar surface area (TPSA) is 51.5 Å². The lowest BCUT2D eigenvalue weighted by Crippen LogP contribution is -2.41. The van der Waals surface area contributed by atoms with Crippen molar-refractivity contribution in [1.82, 2.24) is 4.57 Å². The summed E-state index contributed by atoms with van der Waals surface area (Å²) in [7, 11) is 0. The van der Waals surface area contributed by atoms with E-state index in [2.05, 4.69) is 0 Å². The molecule has 1 unspecified atom stereocenters. The van der Waals surface area contributed by atoms with Crippen LogP contribution in [-0.4, -0.2) is 39.7 Å². The molecular weight excluding hydrogens is 400 g/mol. The van der Waals surface area contributed by atoms with E-state index in [0.717, 1.165) is 25.0 Å². The number of nitrogens with zero attached hydrogens (tertiary/aromatic N) is 1. The molecule has 1 N–H and O–H groups in total. The molecule has 158 valence electrons. The van der Waals surface area contributed by atoms with Gasteiger partial charge in [0.2, 0.25) is 0 Å². The van der Waals surface area contributed by atoms with Crippen LogP contribution in [0.3, 0.4) is 0 Å². The largest absolute Gasteiger partial charge is 0.390 e. The molecule has 1 aliphatic carbocycles. The number of carbonyl (C=O) groups is 1. The van der Waals surface area contributed by atoms with E-state index in [1.54, 1.807) is 12.3 Å². The fourth-order valence-electron chi connectivity index (χ4n) is 4.71. The maximum Gasteiger partial charge on any atom is 0.250 e. The van der Waals surface area contributed by atoms with Gasteiger partial charge >= 0.3 is 0 Å². The van der Waals surface area contributed by atoms with Crippen LogP contribution in [0, 0.1) is 0 Å². The lowest BCUT2D eigenvalue weighted by Gasteiger charge is -2.36. The van der Waals surface area contributed by atoms with Gasteiger partial charge in [-0.25, -0.2) is 8.78 Å². The lowest BCUT2D eigenvalue weighted by molar-refractivity contribution is -0.126. The Labute approximate surface area is 173 Å². The average Bonchev–Trinajstić information content (AvgIpc) is 3.28. The maximum atomic E-state index is 13.7. The Bertz CT molecular complexity index is 907. The first-order chi connectivity index (χ1) is 13.8. The van der Waals surface area contributed by atoms with Crippen LogP contribution < -0.4 is 0 Å². The molecule has 4 nitrogen and oxygen atoms in total. The summed E-state index contributed by atoms with van der Waals surface area (Å²) in [5.74, 6) is -3.05. The number of hydrogen-bond donors (Lipinski definition) is 1. The monoisotopic (exact) mass is 425 g/mol. The molecule has 4 rings (SSSR count). The molecule has 1 aromatic heterocycles. The predicted octanol–water partition coefficient (Wildman–Crippen LogP) is 5.38. The second-order valence-electron chi connectivity index (χ2n) is 8.50. The highest BCUT2D eigenvalue weighted by Gasteiger charge is 2.44. The summed E-state index contributed by atoms with van der Waals surface area (Å²) < 4.78 is 35.2. The minimum atomic E-state index is -2.86. The number of carbonyl (C=O) groups excluding carboxylic acids is 1. The summed E-state index contributed by atoms with van der Waals surface area (Å²) in [6, 6.07) is 5.51. The van der Waals surface area contributed by atoms with Gasteiger partial charge in [0.25, 0.3) is 5.92 Å². The number of aliphatic hydroxyl groups is 1. The highest BCUT2D eigenvalue weighted by atomic mass is 35.5. The van der Waals surface area contributed by atoms with E-state index in [9.17, 15) is 18.7 Å². The van der Waals surface area contributed by atoms with Crippen LogP contribution in [0.1, 0.15) is 61.7 Å². The molecule has 2 aliphatic rings. The lowest BCUT2D eigenvalue weighted by atomic mass is 9.79. The van der Waals surface area contributed by atoms with Crippen LogP contribution in [-0.2, 0) is 11.3 Å². The molecule has 0 spiro atoms. The number of fused-ring (bicyclic) bond motifs is 1. The van der Waals surface area contributed by atoms with E-state index in [0.29, 0.717) is 28.9 Å². The Morgan fingerprint density at radius 1 is 1.31 bits per heavy atom. The fraction of sp³-hybridized carbons (Fsp3) is 0.591. The van der Waals surface area contributed by atoms with Crippen LogP contribution in [0.2, 0.25) is 5.02 Å². The summed E-state index contributed by atoms with van der Waals surface area (Å²) >= 11 is 6.40. The second-order valence-corrected chi connectivity index (χ2v) is 8.91. The molecular formula is C22H26ClF2NO3. The minimum Gasteiger partial charge on any atom is -0.390 e. The quantitative estimate of drug-likeness (QED) is 0.632. The van der Waals surface area contributed by atoms with Crippen molar-refractivity contribution in [3.63, 3.8) is 0 Å². The van der Waals surface area contributed by atoms with Crippen LogP contribution in [0.15, 0.2) is 24.4 Å². The molecule has 0 bridgehead atoms. The normalized spacial score (nSPS) is 26.8. The van der Waals surface area contributed by atoms with Crippen molar-refractivity contribution < 1.29 is 23.4 Å². The third-order valence-electron chi connectivity index (χ3n) is 6.17. The number of ketones is 1. The molecule has 1 saturated carbocycles. The standard InChI is InChI=1S/C22H26ClF2NO3/c23-17-5-1-6-18-20(17)16(13-26(18)12-15-4-2-11-29-15)19(27)7-10-21(28)8-3-9-22(24,25)14-21/h1,5-6,13,15,28H,2-4,7-12,14H2/t15-,21?/m1/s1. The van der Waals surface area contributed by atoms with E-state index >= 15 is 0 Å². The smallest absolute Gasteiger partial charge is 0.250 e. The number of benzene rings is 1. The van der Waals surface area contributed by atoms with Crippen molar-refractivity contribution in [2.75, 3.05) is 6.61 Å². The summed E-state index contributed by atoms with van der Waals surface area (Å²) in [6.45, 7) is 1.39. The van der Waals surface area contributed by atoms with Gasteiger partial charge in [0.05, 0.1) is 22.2 Å². The molecule has 0 radical (unpaired) electrons. The SMILES string of the molecule is O=C(CCC1(O)CCCC(F)(F)C1)c1cn(C[C@H]2CCCO2)c2cccc(Cl)c12. The van der Waals surface area contributed by atoms with Gasteiger partial charge in [0.15, 0.2) is 5.78 Å². The molecule has 2 atom stereocenters. The maximum absolute atomic E-state index is 13.7. The van der Waals surface area contributed by atoms with Gasteiger partial charge in [-0.3, -0.25) is 4.79 Å². The van der Waals surface area contributed by atoms with Gasteiger partial charge in [-0.05, 0) is 44.2 Å². The first kappa shape index (κ1) is 20.8. The van der Waals surface area contributed by atoms with Crippen molar-refractivity contribution in [1.29, 1.82) is 0 Å². The highest BCUT2D eigenvalue weighted by Crippen LogP contribution is 2.41. The molecule has 0 amide bonds. The Morgan fingerprint density at radius 2 is 2.14 bits per heavy atom. The van der Waals surface area contributed by atoms with E-state index in [1.807, 2.05) is 16.7 Å². The van der Waals surface area contributed by atoms with Crippen molar-refractivity contribution >= 4 is 28.3 Å². The van der Waals surface area contributed by atoms with Crippen LogP contribution in [0.4, 0.5) is 8.78 Å². The van der Waals surface area contributed by atoms with Crippen molar-refractivity contribution in [2.24, 2.45) is 0 Å². The Hall–Kier alpha value is -1.50. The first-order valence-corrected chi connectivity index (χ1v) is 10.7. The number of hydrogen-bond acceptors (Lipinski definition) is 3. The number of Topliss-reactive ketones (excluding diaryl/α,β-unsaturated/α-hetero) is 1. The van der Waals surface area contributed by atoms with E-state index < -0.39 is 17.9 Å². The average molecular weight is 426 g/mol.